The Bertz CT molecular complexity index is 829. The zero-order valence-electron chi connectivity index (χ0n) is 14.2. The lowest BCUT2D eigenvalue weighted by molar-refractivity contribution is 0.251. The Hall–Kier alpha value is -3.14. The molecule has 2 amide bonds. The molecule has 4 heteroatoms. The van der Waals surface area contributed by atoms with Gasteiger partial charge in [0.25, 0.3) is 0 Å². The summed E-state index contributed by atoms with van der Waals surface area (Å²) >= 11 is 0. The highest BCUT2D eigenvalue weighted by atomic mass is 16.2. The molecule has 0 radical (unpaired) electrons. The van der Waals surface area contributed by atoms with Gasteiger partial charge in [0.1, 0.15) is 0 Å². The molecule has 0 saturated heterocycles. The van der Waals surface area contributed by atoms with E-state index in [4.69, 9.17) is 0 Å². The Kier molecular flexibility index (Phi) is 5.42. The lowest BCUT2D eigenvalue weighted by Gasteiger charge is -2.09. The number of nitrogens with one attached hydrogen (secondary N) is 2. The van der Waals surface area contributed by atoms with Crippen LogP contribution in [0.3, 0.4) is 0 Å². The van der Waals surface area contributed by atoms with E-state index in [1.54, 1.807) is 12.4 Å². The van der Waals surface area contributed by atoms with Crippen molar-refractivity contribution in [2.24, 2.45) is 0 Å². The molecule has 3 aromatic rings. The molecule has 0 saturated carbocycles. The van der Waals surface area contributed by atoms with E-state index in [9.17, 15) is 4.79 Å². The zero-order valence-corrected chi connectivity index (χ0v) is 14.2. The molecule has 25 heavy (non-hydrogen) atoms. The van der Waals surface area contributed by atoms with Gasteiger partial charge in [-0.15, -0.1) is 0 Å². The van der Waals surface area contributed by atoms with Crippen LogP contribution in [0.15, 0.2) is 73.1 Å². The van der Waals surface area contributed by atoms with Crippen LogP contribution in [0.5, 0.6) is 0 Å². The van der Waals surface area contributed by atoms with Crippen molar-refractivity contribution in [3.05, 3.63) is 95.3 Å². The van der Waals surface area contributed by atoms with E-state index in [1.165, 1.54) is 16.7 Å². The number of benzene rings is 2. The number of urea groups is 1. The normalized spacial score (nSPS) is 10.3. The second kappa shape index (κ2) is 8.11. The van der Waals surface area contributed by atoms with Gasteiger partial charge in [-0.3, -0.25) is 4.98 Å². The highest BCUT2D eigenvalue weighted by Gasteiger charge is 2.03. The maximum absolute atomic E-state index is 12.0. The second-order valence-corrected chi connectivity index (χ2v) is 5.97. The van der Waals surface area contributed by atoms with E-state index >= 15 is 0 Å². The van der Waals surface area contributed by atoms with Crippen LogP contribution in [0.2, 0.25) is 0 Å². The first-order valence-electron chi connectivity index (χ1n) is 8.28. The quantitative estimate of drug-likeness (QED) is 0.732. The molecule has 0 atom stereocenters. The summed E-state index contributed by atoms with van der Waals surface area (Å²) in [5.41, 5.74) is 5.57. The Balaban J connectivity index is 1.53. The lowest BCUT2D eigenvalue weighted by Crippen LogP contribution is -2.28. The largest absolute Gasteiger partial charge is 0.334 e. The third-order valence-corrected chi connectivity index (χ3v) is 4.04. The van der Waals surface area contributed by atoms with Crippen LogP contribution >= 0.6 is 0 Å². The van der Waals surface area contributed by atoms with Gasteiger partial charge in [-0.2, -0.15) is 0 Å². The van der Waals surface area contributed by atoms with Crippen molar-refractivity contribution in [2.45, 2.75) is 19.9 Å². The van der Waals surface area contributed by atoms with Crippen molar-refractivity contribution >= 4 is 11.7 Å². The van der Waals surface area contributed by atoms with Crippen molar-refractivity contribution < 1.29 is 4.79 Å². The number of nitrogens with zero attached hydrogens (tertiary/aromatic N) is 1. The predicted molar refractivity (Wildman–Crippen MR) is 101 cm³/mol. The SMILES string of the molecule is Cc1ccccc1Cc1ccc(NC(=O)NCc2cccnc2)cc1. The Labute approximate surface area is 147 Å². The third kappa shape index (κ3) is 4.91. The number of pyridine rings is 1. The first kappa shape index (κ1) is 16.7. The van der Waals surface area contributed by atoms with Crippen molar-refractivity contribution in [3.63, 3.8) is 0 Å². The minimum absolute atomic E-state index is 0.226. The van der Waals surface area contributed by atoms with E-state index in [0.717, 1.165) is 17.7 Å². The van der Waals surface area contributed by atoms with Gasteiger partial charge in [0.2, 0.25) is 0 Å². The molecule has 3 rings (SSSR count). The maximum Gasteiger partial charge on any atom is 0.319 e. The third-order valence-electron chi connectivity index (χ3n) is 4.04. The molecular formula is C21H21N3O. The molecular weight excluding hydrogens is 310 g/mol. The highest BCUT2D eigenvalue weighted by Crippen LogP contribution is 2.16. The Morgan fingerprint density at radius 3 is 2.48 bits per heavy atom. The molecule has 2 aromatic carbocycles. The number of hydrogen-bond donors (Lipinski definition) is 2. The fourth-order valence-electron chi connectivity index (χ4n) is 2.59. The van der Waals surface area contributed by atoms with Crippen LogP contribution in [0.1, 0.15) is 22.3 Å². The molecule has 0 fully saturated rings. The summed E-state index contributed by atoms with van der Waals surface area (Å²) in [6.07, 6.45) is 4.34. The highest BCUT2D eigenvalue weighted by molar-refractivity contribution is 5.89. The standard InChI is InChI=1S/C21H21N3O/c1-16-5-2-3-7-19(16)13-17-8-10-20(11-9-17)24-21(25)23-15-18-6-4-12-22-14-18/h2-12,14H,13,15H2,1H3,(H2,23,24,25). The van der Waals surface area contributed by atoms with E-state index in [-0.39, 0.29) is 6.03 Å². The topological polar surface area (TPSA) is 54.0 Å². The number of aromatic nitrogens is 1. The van der Waals surface area contributed by atoms with E-state index < -0.39 is 0 Å². The van der Waals surface area contributed by atoms with Crippen molar-refractivity contribution in [1.29, 1.82) is 0 Å². The van der Waals surface area contributed by atoms with Gasteiger partial charge in [-0.1, -0.05) is 42.5 Å². The molecule has 0 unspecified atom stereocenters. The number of aryl methyl sites for hydroxylation is 1. The fraction of sp³-hybridized carbons (Fsp3) is 0.143. The number of carbonyl (C=O) groups is 1. The van der Waals surface area contributed by atoms with Gasteiger partial charge in [0.05, 0.1) is 0 Å². The van der Waals surface area contributed by atoms with Crippen LogP contribution < -0.4 is 10.6 Å². The molecule has 126 valence electrons. The zero-order chi connectivity index (χ0) is 17.5. The Morgan fingerprint density at radius 2 is 1.76 bits per heavy atom. The van der Waals surface area contributed by atoms with Crippen molar-refractivity contribution in [3.8, 4) is 0 Å². The fourth-order valence-corrected chi connectivity index (χ4v) is 2.59. The average molecular weight is 331 g/mol. The molecule has 1 heterocycles. The van der Waals surface area contributed by atoms with Crippen LogP contribution in [0.4, 0.5) is 10.5 Å². The van der Waals surface area contributed by atoms with Crippen LogP contribution in [0, 0.1) is 6.92 Å². The number of amides is 2. The van der Waals surface area contributed by atoms with Gasteiger partial charge in [0, 0.05) is 24.6 Å². The minimum Gasteiger partial charge on any atom is -0.334 e. The van der Waals surface area contributed by atoms with Crippen LogP contribution in [-0.2, 0) is 13.0 Å². The first-order valence-corrected chi connectivity index (χ1v) is 8.28. The number of carbonyl (C=O) groups excluding carboxylic acids is 1. The molecule has 2 N–H and O–H groups in total. The van der Waals surface area contributed by atoms with E-state index in [1.807, 2.05) is 36.4 Å². The molecule has 0 bridgehead atoms. The number of hydrogen-bond acceptors (Lipinski definition) is 2. The van der Waals surface area contributed by atoms with Gasteiger partial charge in [-0.05, 0) is 53.8 Å². The summed E-state index contributed by atoms with van der Waals surface area (Å²) in [4.78, 5) is 16.0. The van der Waals surface area contributed by atoms with Gasteiger partial charge >= 0.3 is 6.03 Å². The monoisotopic (exact) mass is 331 g/mol. The summed E-state index contributed by atoms with van der Waals surface area (Å²) in [6, 6.07) is 19.9. The smallest absolute Gasteiger partial charge is 0.319 e. The predicted octanol–water partition coefficient (Wildman–Crippen LogP) is 4.30. The number of anilines is 1. The minimum atomic E-state index is -0.226. The summed E-state index contributed by atoms with van der Waals surface area (Å²) in [5, 5.41) is 5.66. The average Bonchev–Trinajstić information content (AvgIpc) is 2.64. The molecule has 0 aliphatic rings. The second-order valence-electron chi connectivity index (χ2n) is 5.97. The summed E-state index contributed by atoms with van der Waals surface area (Å²) in [7, 11) is 0. The summed E-state index contributed by atoms with van der Waals surface area (Å²) in [6.45, 7) is 2.57. The molecule has 0 spiro atoms. The van der Waals surface area contributed by atoms with Gasteiger partial charge in [0.15, 0.2) is 0 Å². The van der Waals surface area contributed by atoms with Crippen LogP contribution in [-0.4, -0.2) is 11.0 Å². The van der Waals surface area contributed by atoms with Crippen molar-refractivity contribution in [1.82, 2.24) is 10.3 Å². The summed E-state index contributed by atoms with van der Waals surface area (Å²) < 4.78 is 0. The van der Waals surface area contributed by atoms with Crippen molar-refractivity contribution in [2.75, 3.05) is 5.32 Å². The van der Waals surface area contributed by atoms with Crippen LogP contribution in [0.25, 0.3) is 0 Å². The summed E-state index contributed by atoms with van der Waals surface area (Å²) in [5.74, 6) is 0. The van der Waals surface area contributed by atoms with E-state index in [0.29, 0.717) is 6.54 Å². The molecule has 0 aliphatic carbocycles. The first-order chi connectivity index (χ1) is 12.2. The Morgan fingerprint density at radius 1 is 0.960 bits per heavy atom. The van der Waals surface area contributed by atoms with Gasteiger partial charge in [-0.25, -0.2) is 4.79 Å². The van der Waals surface area contributed by atoms with E-state index in [2.05, 4.69) is 46.8 Å². The molecule has 1 aromatic heterocycles. The molecule has 4 nitrogen and oxygen atoms in total. The lowest BCUT2D eigenvalue weighted by atomic mass is 10.0. The molecule has 0 aliphatic heterocycles. The number of rotatable bonds is 5. The van der Waals surface area contributed by atoms with Gasteiger partial charge < -0.3 is 10.6 Å². The maximum atomic E-state index is 12.0.